The van der Waals surface area contributed by atoms with Gasteiger partial charge in [-0.2, -0.15) is 4.31 Å². The second-order valence-electron chi connectivity index (χ2n) is 4.01. The Balaban J connectivity index is 3.38. The molecule has 0 aliphatic carbocycles. The molecule has 0 saturated carbocycles. The van der Waals surface area contributed by atoms with E-state index in [9.17, 15) is 18.0 Å². The number of methoxy groups -OCH3 is 2. The molecule has 0 atom stereocenters. The van der Waals surface area contributed by atoms with E-state index in [1.165, 1.54) is 19.2 Å². The quantitative estimate of drug-likeness (QED) is 0.745. The van der Waals surface area contributed by atoms with Gasteiger partial charge in [-0.3, -0.25) is 4.79 Å². The first-order valence-corrected chi connectivity index (χ1v) is 7.12. The predicted octanol–water partition coefficient (Wildman–Crippen LogP) is 0.187. The van der Waals surface area contributed by atoms with Crippen molar-refractivity contribution in [2.24, 2.45) is 0 Å². The van der Waals surface area contributed by atoms with Gasteiger partial charge in [0.1, 0.15) is 17.2 Å². The Morgan fingerprint density at radius 1 is 1.29 bits per heavy atom. The number of nitrogens with zero attached hydrogens (tertiary/aromatic N) is 1. The van der Waals surface area contributed by atoms with Crippen molar-refractivity contribution >= 4 is 22.0 Å². The molecule has 0 aliphatic rings. The molecule has 1 rings (SSSR count). The maximum atomic E-state index is 12.3. The minimum Gasteiger partial charge on any atom is -0.495 e. The average molecular weight is 317 g/mol. The highest BCUT2D eigenvalue weighted by molar-refractivity contribution is 7.89. The molecule has 21 heavy (non-hydrogen) atoms. The lowest BCUT2D eigenvalue weighted by atomic mass is 10.2. The van der Waals surface area contributed by atoms with Crippen molar-refractivity contribution in [1.29, 1.82) is 0 Å². The summed E-state index contributed by atoms with van der Waals surface area (Å²) in [5.74, 6) is -2.01. The molecule has 1 aromatic rings. The molecular formula is C12H15NO7S. The highest BCUT2D eigenvalue weighted by Gasteiger charge is 2.27. The molecular weight excluding hydrogens is 302 g/mol. The van der Waals surface area contributed by atoms with Crippen LogP contribution in [0.15, 0.2) is 23.1 Å². The number of rotatable bonds is 6. The molecule has 9 heteroatoms. The molecule has 0 saturated heterocycles. The van der Waals surface area contributed by atoms with E-state index in [0.717, 1.165) is 20.2 Å². The number of esters is 1. The molecule has 0 bridgehead atoms. The number of likely N-dealkylation sites (N-methyl/N-ethyl adjacent to an activating group) is 1. The van der Waals surface area contributed by atoms with Crippen molar-refractivity contribution in [3.8, 4) is 5.75 Å². The van der Waals surface area contributed by atoms with Crippen LogP contribution in [0, 0.1) is 0 Å². The van der Waals surface area contributed by atoms with Crippen LogP contribution >= 0.6 is 0 Å². The van der Waals surface area contributed by atoms with E-state index < -0.39 is 28.5 Å². The van der Waals surface area contributed by atoms with Gasteiger partial charge in [0, 0.05) is 7.05 Å². The zero-order valence-electron chi connectivity index (χ0n) is 11.7. The first-order chi connectivity index (χ1) is 9.73. The molecule has 0 spiro atoms. The van der Waals surface area contributed by atoms with E-state index in [0.29, 0.717) is 4.31 Å². The highest BCUT2D eigenvalue weighted by Crippen LogP contribution is 2.27. The van der Waals surface area contributed by atoms with Crippen LogP contribution in [0.4, 0.5) is 0 Å². The molecule has 0 amide bonds. The van der Waals surface area contributed by atoms with Gasteiger partial charge in [-0.15, -0.1) is 0 Å². The van der Waals surface area contributed by atoms with Crippen molar-refractivity contribution in [1.82, 2.24) is 4.31 Å². The van der Waals surface area contributed by atoms with Crippen molar-refractivity contribution in [3.05, 3.63) is 23.8 Å². The largest absolute Gasteiger partial charge is 0.495 e. The monoisotopic (exact) mass is 317 g/mol. The van der Waals surface area contributed by atoms with Gasteiger partial charge in [0.15, 0.2) is 0 Å². The Morgan fingerprint density at radius 3 is 2.38 bits per heavy atom. The summed E-state index contributed by atoms with van der Waals surface area (Å²) >= 11 is 0. The summed E-state index contributed by atoms with van der Waals surface area (Å²) < 4.78 is 34.8. The van der Waals surface area contributed by atoms with E-state index in [-0.39, 0.29) is 16.2 Å². The summed E-state index contributed by atoms with van der Waals surface area (Å²) in [6.07, 6.45) is 0. The number of carboxylic acid groups (broad SMARTS) is 1. The SMILES string of the molecule is COC(=O)c1ccc(OC)c(S(=O)(=O)N(C)CC(=O)O)c1. The minimum absolute atomic E-state index is 0.000100. The fraction of sp³-hybridized carbons (Fsp3) is 0.333. The van der Waals surface area contributed by atoms with Gasteiger partial charge in [0.25, 0.3) is 0 Å². The maximum Gasteiger partial charge on any atom is 0.337 e. The van der Waals surface area contributed by atoms with Crippen molar-refractivity contribution < 1.29 is 32.6 Å². The topological polar surface area (TPSA) is 110 Å². The number of carbonyl (C=O) groups excluding carboxylic acids is 1. The summed E-state index contributed by atoms with van der Waals surface area (Å²) in [5, 5.41) is 8.69. The summed E-state index contributed by atoms with van der Waals surface area (Å²) in [6, 6.07) is 3.73. The summed E-state index contributed by atoms with van der Waals surface area (Å²) in [5.41, 5.74) is 0.0144. The van der Waals surface area contributed by atoms with Crippen molar-refractivity contribution in [2.45, 2.75) is 4.90 Å². The lowest BCUT2D eigenvalue weighted by Crippen LogP contribution is -2.32. The zero-order valence-corrected chi connectivity index (χ0v) is 12.5. The fourth-order valence-electron chi connectivity index (χ4n) is 1.57. The van der Waals surface area contributed by atoms with Crippen LogP contribution < -0.4 is 4.74 Å². The summed E-state index contributed by atoms with van der Waals surface area (Å²) in [4.78, 5) is 21.8. The predicted molar refractivity (Wildman–Crippen MR) is 71.8 cm³/mol. The van der Waals surface area contributed by atoms with Gasteiger partial charge in [-0.1, -0.05) is 0 Å². The van der Waals surface area contributed by atoms with Crippen LogP contribution in [0.1, 0.15) is 10.4 Å². The molecule has 0 aromatic heterocycles. The highest BCUT2D eigenvalue weighted by atomic mass is 32.2. The number of sulfonamides is 1. The Kier molecular flexibility index (Phi) is 5.28. The van der Waals surface area contributed by atoms with Gasteiger partial charge in [-0.05, 0) is 18.2 Å². The first kappa shape index (κ1) is 16.9. The van der Waals surface area contributed by atoms with Gasteiger partial charge in [0.2, 0.25) is 10.0 Å². The smallest absolute Gasteiger partial charge is 0.337 e. The second kappa shape index (κ2) is 6.55. The number of carboxylic acids is 1. The minimum atomic E-state index is -4.12. The van der Waals surface area contributed by atoms with Crippen LogP contribution in [0.2, 0.25) is 0 Å². The third-order valence-electron chi connectivity index (χ3n) is 2.63. The van der Waals surface area contributed by atoms with E-state index >= 15 is 0 Å². The molecule has 0 fully saturated rings. The molecule has 0 radical (unpaired) electrons. The lowest BCUT2D eigenvalue weighted by Gasteiger charge is -2.17. The number of ether oxygens (including phenoxy) is 2. The van der Waals surface area contributed by atoms with Gasteiger partial charge in [-0.25, -0.2) is 13.2 Å². The molecule has 0 aliphatic heterocycles. The normalized spacial score (nSPS) is 11.2. The third kappa shape index (κ3) is 3.70. The summed E-state index contributed by atoms with van der Waals surface area (Å²) in [7, 11) is -0.571. The van der Waals surface area contributed by atoms with Crippen LogP contribution in [0.25, 0.3) is 0 Å². The molecule has 116 valence electrons. The Hall–Kier alpha value is -2.13. The van der Waals surface area contributed by atoms with Gasteiger partial charge in [0.05, 0.1) is 19.8 Å². The number of carbonyl (C=O) groups is 2. The van der Waals surface area contributed by atoms with E-state index in [4.69, 9.17) is 9.84 Å². The van der Waals surface area contributed by atoms with Crippen LogP contribution in [-0.4, -0.2) is 57.6 Å². The Morgan fingerprint density at radius 2 is 1.90 bits per heavy atom. The molecule has 0 heterocycles. The van der Waals surface area contributed by atoms with Crippen LogP contribution in [-0.2, 0) is 19.6 Å². The van der Waals surface area contributed by atoms with Crippen molar-refractivity contribution in [2.75, 3.05) is 27.8 Å². The van der Waals surface area contributed by atoms with E-state index in [2.05, 4.69) is 4.74 Å². The summed E-state index contributed by atoms with van der Waals surface area (Å²) in [6.45, 7) is -0.714. The standard InChI is InChI=1S/C12H15NO7S/c1-13(7-11(14)15)21(17,18)10-6-8(12(16)20-3)4-5-9(10)19-2/h4-6H,7H2,1-3H3,(H,14,15). The fourth-order valence-corrected chi connectivity index (χ4v) is 2.86. The molecule has 1 aromatic carbocycles. The van der Waals surface area contributed by atoms with Gasteiger partial charge >= 0.3 is 11.9 Å². The lowest BCUT2D eigenvalue weighted by molar-refractivity contribution is -0.137. The number of aliphatic carboxylic acids is 1. The van der Waals surface area contributed by atoms with Crippen LogP contribution in [0.3, 0.4) is 0 Å². The van der Waals surface area contributed by atoms with Crippen molar-refractivity contribution in [3.63, 3.8) is 0 Å². The Labute approximate surface area is 121 Å². The molecule has 0 unspecified atom stereocenters. The number of benzene rings is 1. The molecule has 8 nitrogen and oxygen atoms in total. The van der Waals surface area contributed by atoms with Crippen LogP contribution in [0.5, 0.6) is 5.75 Å². The maximum absolute atomic E-state index is 12.3. The van der Waals surface area contributed by atoms with Gasteiger partial charge < -0.3 is 14.6 Å². The first-order valence-electron chi connectivity index (χ1n) is 5.68. The van der Waals surface area contributed by atoms with E-state index in [1.54, 1.807) is 0 Å². The Bertz CT molecular complexity index is 654. The van der Waals surface area contributed by atoms with E-state index in [1.807, 2.05) is 0 Å². The molecule has 1 N–H and O–H groups in total. The average Bonchev–Trinajstić information content (AvgIpc) is 2.44. The zero-order chi connectivity index (χ0) is 16.2. The number of hydrogen-bond acceptors (Lipinski definition) is 6. The second-order valence-corrected chi connectivity index (χ2v) is 6.03. The third-order valence-corrected chi connectivity index (χ3v) is 4.46. The number of hydrogen-bond donors (Lipinski definition) is 1.